The summed E-state index contributed by atoms with van der Waals surface area (Å²) in [4.78, 5) is 15.8. The van der Waals surface area contributed by atoms with Crippen molar-refractivity contribution in [3.05, 3.63) is 28.5 Å². The van der Waals surface area contributed by atoms with Gasteiger partial charge in [0.1, 0.15) is 4.60 Å². The number of pyridine rings is 1. The van der Waals surface area contributed by atoms with Gasteiger partial charge in [0.15, 0.2) is 0 Å². The molecule has 94 valence electrons. The van der Waals surface area contributed by atoms with Crippen molar-refractivity contribution < 1.29 is 9.53 Å². The van der Waals surface area contributed by atoms with Crippen LogP contribution in [0.15, 0.2) is 22.9 Å². The van der Waals surface area contributed by atoms with Gasteiger partial charge in [0.05, 0.1) is 5.60 Å². The summed E-state index contributed by atoms with van der Waals surface area (Å²) in [7, 11) is 0. The molecule has 0 atom stereocenters. The van der Waals surface area contributed by atoms with E-state index in [4.69, 9.17) is 4.74 Å². The second-order valence-corrected chi connectivity index (χ2v) is 5.06. The van der Waals surface area contributed by atoms with Crippen LogP contribution in [0.4, 0.5) is 0 Å². The Morgan fingerprint density at radius 2 is 2.29 bits per heavy atom. The predicted molar refractivity (Wildman–Crippen MR) is 70.0 cm³/mol. The Labute approximate surface area is 110 Å². The monoisotopic (exact) mass is 300 g/mol. The van der Waals surface area contributed by atoms with E-state index < -0.39 is 0 Å². The fourth-order valence-electron chi connectivity index (χ4n) is 1.38. The van der Waals surface area contributed by atoms with Gasteiger partial charge in [-0.25, -0.2) is 4.98 Å². The number of amides is 1. The molecule has 4 nitrogen and oxygen atoms in total. The van der Waals surface area contributed by atoms with Crippen LogP contribution < -0.4 is 5.32 Å². The molecule has 0 unspecified atom stereocenters. The predicted octanol–water partition coefficient (Wildman–Crippen LogP) is 2.39. The fourth-order valence-corrected chi connectivity index (χ4v) is 1.75. The lowest BCUT2D eigenvalue weighted by atomic mass is 10.1. The van der Waals surface area contributed by atoms with Crippen molar-refractivity contribution in [2.24, 2.45) is 0 Å². The molecule has 1 heterocycles. The summed E-state index contributed by atoms with van der Waals surface area (Å²) >= 11 is 3.23. The van der Waals surface area contributed by atoms with E-state index in [-0.39, 0.29) is 11.5 Å². The molecule has 0 bridgehead atoms. The molecule has 0 fully saturated rings. The van der Waals surface area contributed by atoms with E-state index in [0.717, 1.165) is 0 Å². The summed E-state index contributed by atoms with van der Waals surface area (Å²) in [6.45, 7) is 6.92. The fraction of sp³-hybridized carbons (Fsp3) is 0.500. The largest absolute Gasteiger partial charge is 0.374 e. The Balaban J connectivity index is 2.56. The quantitative estimate of drug-likeness (QED) is 0.850. The van der Waals surface area contributed by atoms with Crippen molar-refractivity contribution in [2.45, 2.75) is 26.4 Å². The molecule has 0 saturated carbocycles. The maximum absolute atomic E-state index is 11.8. The van der Waals surface area contributed by atoms with E-state index in [0.29, 0.717) is 23.3 Å². The second kappa shape index (κ2) is 6.12. The first kappa shape index (κ1) is 14.1. The highest BCUT2D eigenvalue weighted by Gasteiger charge is 2.19. The van der Waals surface area contributed by atoms with Gasteiger partial charge in [-0.1, -0.05) is 0 Å². The molecule has 17 heavy (non-hydrogen) atoms. The number of hydrogen-bond acceptors (Lipinski definition) is 3. The number of halogens is 1. The van der Waals surface area contributed by atoms with Gasteiger partial charge in [-0.3, -0.25) is 4.79 Å². The molecule has 0 radical (unpaired) electrons. The average molecular weight is 301 g/mol. The highest BCUT2D eigenvalue weighted by molar-refractivity contribution is 9.10. The molecule has 0 spiro atoms. The van der Waals surface area contributed by atoms with E-state index in [1.807, 2.05) is 20.8 Å². The maximum atomic E-state index is 11.8. The van der Waals surface area contributed by atoms with Crippen molar-refractivity contribution in [1.82, 2.24) is 10.3 Å². The number of ether oxygens (including phenoxy) is 1. The number of nitrogens with zero attached hydrogens (tertiary/aromatic N) is 1. The first-order chi connectivity index (χ1) is 7.94. The van der Waals surface area contributed by atoms with Crippen LogP contribution in [0.2, 0.25) is 0 Å². The smallest absolute Gasteiger partial charge is 0.251 e. The van der Waals surface area contributed by atoms with Crippen LogP contribution in [-0.4, -0.2) is 29.6 Å². The summed E-state index contributed by atoms with van der Waals surface area (Å²) in [6, 6.07) is 3.36. The van der Waals surface area contributed by atoms with Crippen molar-refractivity contribution in [2.75, 3.05) is 13.2 Å². The summed E-state index contributed by atoms with van der Waals surface area (Å²) < 4.78 is 6.15. The van der Waals surface area contributed by atoms with Crippen molar-refractivity contribution in [1.29, 1.82) is 0 Å². The third-order valence-corrected chi connectivity index (χ3v) is 2.63. The van der Waals surface area contributed by atoms with Crippen LogP contribution in [-0.2, 0) is 4.74 Å². The Morgan fingerprint density at radius 1 is 1.59 bits per heavy atom. The molecule has 1 N–H and O–H groups in total. The Morgan fingerprint density at radius 3 is 2.88 bits per heavy atom. The van der Waals surface area contributed by atoms with Crippen molar-refractivity contribution in [3.63, 3.8) is 0 Å². The first-order valence-corrected chi connectivity index (χ1v) is 6.27. The normalized spacial score (nSPS) is 11.3. The van der Waals surface area contributed by atoms with Gasteiger partial charge in [0, 0.05) is 24.9 Å². The Hall–Kier alpha value is -0.940. The van der Waals surface area contributed by atoms with E-state index in [1.54, 1.807) is 18.3 Å². The number of hydrogen-bond donors (Lipinski definition) is 1. The minimum Gasteiger partial charge on any atom is -0.374 e. The van der Waals surface area contributed by atoms with Gasteiger partial charge >= 0.3 is 0 Å². The Bertz CT molecular complexity index is 394. The molecule has 1 rings (SSSR count). The van der Waals surface area contributed by atoms with Gasteiger partial charge < -0.3 is 10.1 Å². The first-order valence-electron chi connectivity index (χ1n) is 5.48. The topological polar surface area (TPSA) is 51.2 Å². The van der Waals surface area contributed by atoms with Crippen LogP contribution in [0.5, 0.6) is 0 Å². The zero-order valence-electron chi connectivity index (χ0n) is 10.3. The number of carbonyl (C=O) groups is 1. The molecule has 0 aliphatic rings. The Kier molecular flexibility index (Phi) is 5.08. The third kappa shape index (κ3) is 4.83. The zero-order valence-corrected chi connectivity index (χ0v) is 11.9. The lowest BCUT2D eigenvalue weighted by Gasteiger charge is -2.24. The van der Waals surface area contributed by atoms with Gasteiger partial charge in [-0.15, -0.1) is 0 Å². The highest BCUT2D eigenvalue weighted by atomic mass is 79.9. The molecule has 1 amide bonds. The lowest BCUT2D eigenvalue weighted by Crippen LogP contribution is -2.40. The zero-order chi connectivity index (χ0) is 12.9. The average Bonchev–Trinajstić information content (AvgIpc) is 2.26. The molecular weight excluding hydrogens is 284 g/mol. The van der Waals surface area contributed by atoms with Crippen LogP contribution >= 0.6 is 15.9 Å². The van der Waals surface area contributed by atoms with E-state index in [9.17, 15) is 4.79 Å². The SMILES string of the molecule is CCOC(C)(C)CNC(=O)c1ccnc(Br)c1. The van der Waals surface area contributed by atoms with Gasteiger partial charge in [-0.05, 0) is 48.8 Å². The molecule has 0 aromatic carbocycles. The molecule has 1 aromatic rings. The molecular formula is C12H17BrN2O2. The maximum Gasteiger partial charge on any atom is 0.251 e. The summed E-state index contributed by atoms with van der Waals surface area (Å²) in [6.07, 6.45) is 1.59. The van der Waals surface area contributed by atoms with Crippen LogP contribution in [0, 0.1) is 0 Å². The third-order valence-electron chi connectivity index (χ3n) is 2.20. The number of aromatic nitrogens is 1. The van der Waals surface area contributed by atoms with Crippen LogP contribution in [0.3, 0.4) is 0 Å². The number of nitrogens with one attached hydrogen (secondary N) is 1. The van der Waals surface area contributed by atoms with E-state index in [2.05, 4.69) is 26.2 Å². The standard InChI is InChI=1S/C12H17BrN2O2/c1-4-17-12(2,3)8-15-11(16)9-5-6-14-10(13)7-9/h5-7H,4,8H2,1-3H3,(H,15,16). The molecule has 5 heteroatoms. The molecule has 0 aliphatic carbocycles. The number of rotatable bonds is 5. The van der Waals surface area contributed by atoms with Crippen molar-refractivity contribution >= 4 is 21.8 Å². The highest BCUT2D eigenvalue weighted by Crippen LogP contribution is 2.10. The van der Waals surface area contributed by atoms with Gasteiger partial charge in [-0.2, -0.15) is 0 Å². The molecule has 0 aliphatic heterocycles. The minimum atomic E-state index is -0.353. The van der Waals surface area contributed by atoms with Crippen LogP contribution in [0.25, 0.3) is 0 Å². The summed E-state index contributed by atoms with van der Waals surface area (Å²) in [5.41, 5.74) is 0.230. The van der Waals surface area contributed by atoms with Crippen LogP contribution in [0.1, 0.15) is 31.1 Å². The van der Waals surface area contributed by atoms with Crippen molar-refractivity contribution in [3.8, 4) is 0 Å². The van der Waals surface area contributed by atoms with E-state index >= 15 is 0 Å². The van der Waals surface area contributed by atoms with E-state index in [1.165, 1.54) is 0 Å². The summed E-state index contributed by atoms with van der Waals surface area (Å²) in [5, 5.41) is 2.84. The van der Waals surface area contributed by atoms with Gasteiger partial charge in [0.2, 0.25) is 0 Å². The molecule has 0 saturated heterocycles. The minimum absolute atomic E-state index is 0.124. The number of carbonyl (C=O) groups excluding carboxylic acids is 1. The lowest BCUT2D eigenvalue weighted by molar-refractivity contribution is -0.00815. The molecule has 1 aromatic heterocycles. The second-order valence-electron chi connectivity index (χ2n) is 4.24. The summed E-state index contributed by atoms with van der Waals surface area (Å²) in [5.74, 6) is -0.124. The van der Waals surface area contributed by atoms with Gasteiger partial charge in [0.25, 0.3) is 5.91 Å².